The van der Waals surface area contributed by atoms with Gasteiger partial charge < -0.3 is 0 Å². The van der Waals surface area contributed by atoms with Gasteiger partial charge >= 0.3 is 0 Å². The largest absolute Gasteiger partial charge is 0 e. The van der Waals surface area contributed by atoms with E-state index in [0.29, 0.717) is 0 Å². The maximum absolute atomic E-state index is 0. The predicted molar refractivity (Wildman–Crippen MR) is 0 cm³/mol. The number of hydrogen-bond donors (Lipinski definition) is 0. The summed E-state index contributed by atoms with van der Waals surface area (Å²) in [5, 5.41) is 0. The van der Waals surface area contributed by atoms with Crippen LogP contribution in [0.3, 0.4) is 0 Å². The van der Waals surface area contributed by atoms with E-state index in [2.05, 4.69) is 0 Å². The second-order valence-electron chi connectivity index (χ2n) is 0. The summed E-state index contributed by atoms with van der Waals surface area (Å²) in [6.07, 6.45) is 0. The Hall–Kier alpha value is 5.88. The third-order valence-corrected chi connectivity index (χ3v) is 0. The second kappa shape index (κ2) is 52.6. The fourth-order valence-electron chi connectivity index (χ4n) is 0. The fourth-order valence-corrected chi connectivity index (χ4v) is 0. The summed E-state index contributed by atoms with van der Waals surface area (Å²) in [5.41, 5.74) is 0. The van der Waals surface area contributed by atoms with Crippen LogP contribution in [0.2, 0.25) is 0 Å². The molecule has 0 rings (SSSR count). The Morgan fingerprint density at radius 3 is 1.00 bits per heavy atom. The normalized spacial score (nSPS) is 0. The van der Waals surface area contributed by atoms with Crippen LogP contribution in [-0.4, -0.2) is 0 Å². The van der Waals surface area contributed by atoms with E-state index in [4.69, 9.17) is 0 Å². The summed E-state index contributed by atoms with van der Waals surface area (Å²) < 4.78 is 0. The van der Waals surface area contributed by atoms with Gasteiger partial charge in [0.25, 0.3) is 0 Å². The van der Waals surface area contributed by atoms with Crippen LogP contribution in [0.1, 0.15) is 0 Å². The Labute approximate surface area is 175 Å². The van der Waals surface area contributed by atoms with E-state index in [-0.39, 0.29) is 180 Å². The van der Waals surface area contributed by atoms with Crippen LogP contribution in [0, 0.1) is 35.6 Å². The predicted octanol–water partition coefficient (Wildman–Crippen LogP) is -0.0175. The summed E-state index contributed by atoms with van der Waals surface area (Å²) in [6.45, 7) is 0. The third-order valence-electron chi connectivity index (χ3n) is 0. The molecule has 0 saturated heterocycles. The minimum Gasteiger partial charge on any atom is 0 e. The van der Waals surface area contributed by atoms with Gasteiger partial charge in [0.15, 0.2) is 0 Å². The molecule has 0 aromatic heterocycles. The van der Waals surface area contributed by atoms with Crippen LogP contribution in [0.5, 0.6) is 0 Å². The molecule has 8 heavy (non-hydrogen) atoms. The van der Waals surface area contributed by atoms with Gasteiger partial charge in [0.2, 0.25) is 0 Å². The average molecular weight is 843 g/mol. The molecule has 0 spiro atoms. The van der Waals surface area contributed by atoms with Crippen molar-refractivity contribution in [1.82, 2.24) is 0 Å². The molecular formula is CrLaMoNbTaTiVW. The molecule has 0 bridgehead atoms. The van der Waals surface area contributed by atoms with Gasteiger partial charge in [-0.25, -0.2) is 0 Å². The summed E-state index contributed by atoms with van der Waals surface area (Å²) >= 11 is 0. The maximum Gasteiger partial charge on any atom is 0 e. The Morgan fingerprint density at radius 2 is 1.00 bits per heavy atom. The van der Waals surface area contributed by atoms with Crippen molar-refractivity contribution in [2.24, 2.45) is 0 Å². The van der Waals surface area contributed by atoms with Crippen molar-refractivity contribution in [2.45, 2.75) is 0 Å². The fraction of sp³-hybridized carbons (Fsp3) is 0. The van der Waals surface area contributed by atoms with Gasteiger partial charge in [0.1, 0.15) is 0 Å². The molecule has 0 fully saturated rings. The van der Waals surface area contributed by atoms with Gasteiger partial charge in [0, 0.05) is 180 Å². The molecule has 40 valence electrons. The third kappa shape index (κ3) is 40.7. The van der Waals surface area contributed by atoms with Crippen molar-refractivity contribution in [3.8, 4) is 0 Å². The summed E-state index contributed by atoms with van der Waals surface area (Å²) in [5.74, 6) is 0. The average Bonchev–Trinajstić information content (AvgIpc) is 0. The molecule has 0 saturated carbocycles. The van der Waals surface area contributed by atoms with E-state index in [1.165, 1.54) is 0 Å². The molecular weight excluding hydrogens is 843 g/mol. The molecule has 0 aliphatic rings. The van der Waals surface area contributed by atoms with Crippen molar-refractivity contribution >= 4 is 0 Å². The summed E-state index contributed by atoms with van der Waals surface area (Å²) in [7, 11) is 0. The molecule has 0 atom stereocenters. The van der Waals surface area contributed by atoms with Crippen LogP contribution < -0.4 is 0 Å². The molecule has 0 nitrogen and oxygen atoms in total. The van der Waals surface area contributed by atoms with E-state index in [0.717, 1.165) is 0 Å². The van der Waals surface area contributed by atoms with E-state index < -0.39 is 0 Å². The zero-order valence-corrected chi connectivity index (χ0v) is 21.9. The van der Waals surface area contributed by atoms with Crippen molar-refractivity contribution in [2.75, 3.05) is 0 Å². The molecule has 0 unspecified atom stereocenters. The Morgan fingerprint density at radius 1 is 1.00 bits per heavy atom. The van der Waals surface area contributed by atoms with Crippen LogP contribution in [0.4, 0.5) is 0 Å². The molecule has 0 aliphatic heterocycles. The molecule has 0 aromatic rings. The Balaban J connectivity index is 0. The summed E-state index contributed by atoms with van der Waals surface area (Å²) in [6, 6.07) is 0. The van der Waals surface area contributed by atoms with E-state index >= 15 is 0 Å². The zero-order chi connectivity index (χ0) is 0. The van der Waals surface area contributed by atoms with Crippen molar-refractivity contribution in [1.29, 1.82) is 0 Å². The smallest absolute Gasteiger partial charge is 0 e. The molecule has 8 heteroatoms. The minimum absolute atomic E-state index is 0. The van der Waals surface area contributed by atoms with Gasteiger partial charge in [-0.2, -0.15) is 0 Å². The number of rotatable bonds is 0. The maximum atomic E-state index is 0. The van der Waals surface area contributed by atoms with E-state index in [1.807, 2.05) is 0 Å². The van der Waals surface area contributed by atoms with Crippen molar-refractivity contribution in [3.05, 3.63) is 0 Å². The second-order valence-corrected chi connectivity index (χ2v) is 0. The molecule has 0 aromatic carbocycles. The first-order valence-electron chi connectivity index (χ1n) is 0. The van der Waals surface area contributed by atoms with Gasteiger partial charge in [-0.1, -0.05) is 0 Å². The molecule has 4 radical (unpaired) electrons. The SMILES string of the molecule is [Cr].[La].[Mo].[Nb].[Ta].[Ti].[V].[W]. The quantitative estimate of drug-likeness (QED) is 0.302. The van der Waals surface area contributed by atoms with E-state index in [9.17, 15) is 0 Å². The first-order valence-corrected chi connectivity index (χ1v) is 0. The summed E-state index contributed by atoms with van der Waals surface area (Å²) in [4.78, 5) is 0. The minimum atomic E-state index is 0. The van der Waals surface area contributed by atoms with Gasteiger partial charge in [-0.05, 0) is 0 Å². The molecule has 0 aliphatic carbocycles. The molecule has 0 amide bonds. The molecule has 0 N–H and O–H groups in total. The van der Waals surface area contributed by atoms with Crippen molar-refractivity contribution < 1.29 is 180 Å². The van der Waals surface area contributed by atoms with Gasteiger partial charge in [0.05, 0.1) is 0 Å². The first-order chi connectivity index (χ1) is 0. The van der Waals surface area contributed by atoms with Crippen molar-refractivity contribution in [3.63, 3.8) is 0 Å². The van der Waals surface area contributed by atoms with Gasteiger partial charge in [-0.3, -0.25) is 0 Å². The van der Waals surface area contributed by atoms with Crippen LogP contribution in [0.25, 0.3) is 0 Å². The Bertz CT molecular complexity index is 24.0. The monoisotopic (exact) mass is 845 g/mol. The standard InChI is InChI=1S/Cr.La.Mo.Nb.Ta.Ti.V.W. The van der Waals surface area contributed by atoms with Crippen LogP contribution in [-0.2, 0) is 145 Å². The zero-order valence-electron chi connectivity index (χ0n) is 3.64. The van der Waals surface area contributed by atoms with Crippen LogP contribution >= 0.6 is 0 Å². The molecule has 0 heterocycles. The Kier molecular flexibility index (Phi) is 437. The number of hydrogen-bond acceptors (Lipinski definition) is 0. The van der Waals surface area contributed by atoms with E-state index in [1.54, 1.807) is 0 Å². The van der Waals surface area contributed by atoms with Gasteiger partial charge in [-0.15, -0.1) is 0 Å². The first kappa shape index (κ1) is 66.6. The topological polar surface area (TPSA) is 0 Å². The van der Waals surface area contributed by atoms with Crippen LogP contribution in [0.15, 0.2) is 0 Å².